The molecule has 0 radical (unpaired) electrons. The highest BCUT2D eigenvalue weighted by molar-refractivity contribution is 6.31. The summed E-state index contributed by atoms with van der Waals surface area (Å²) in [6.45, 7) is -0.602. The number of carbonyl (C=O) groups is 1. The molecule has 1 atom stereocenters. The SMILES string of the molecule is NC(=O)C(Cc1ccc(F)cc1Cl)c1cn(CCO)nc1C(F)(F)F. The van der Waals surface area contributed by atoms with E-state index in [1.807, 2.05) is 0 Å². The number of nitrogens with zero attached hydrogens (tertiary/aromatic N) is 2. The fraction of sp³-hybridized carbons (Fsp3) is 0.333. The Morgan fingerprint density at radius 2 is 2.08 bits per heavy atom. The summed E-state index contributed by atoms with van der Waals surface area (Å²) >= 11 is 5.88. The number of halogens is 5. The molecule has 0 saturated heterocycles. The van der Waals surface area contributed by atoms with Gasteiger partial charge in [-0.05, 0) is 24.1 Å². The molecule has 0 aliphatic carbocycles. The van der Waals surface area contributed by atoms with E-state index in [1.54, 1.807) is 0 Å². The summed E-state index contributed by atoms with van der Waals surface area (Å²) < 4.78 is 53.7. The van der Waals surface area contributed by atoms with Crippen molar-refractivity contribution >= 4 is 17.5 Å². The molecule has 1 heterocycles. The Labute approximate surface area is 145 Å². The first-order chi connectivity index (χ1) is 11.6. The predicted molar refractivity (Wildman–Crippen MR) is 81.4 cm³/mol. The van der Waals surface area contributed by atoms with Crippen molar-refractivity contribution in [2.75, 3.05) is 6.61 Å². The molecule has 0 saturated carbocycles. The van der Waals surface area contributed by atoms with Gasteiger partial charge in [0.25, 0.3) is 0 Å². The second kappa shape index (κ2) is 7.40. The summed E-state index contributed by atoms with van der Waals surface area (Å²) in [5.74, 6) is -2.99. The average molecular weight is 380 g/mol. The maximum Gasteiger partial charge on any atom is 0.435 e. The molecule has 0 bridgehead atoms. The van der Waals surface area contributed by atoms with Gasteiger partial charge < -0.3 is 10.8 Å². The summed E-state index contributed by atoms with van der Waals surface area (Å²) in [5.41, 5.74) is 3.87. The van der Waals surface area contributed by atoms with Crippen molar-refractivity contribution in [1.82, 2.24) is 9.78 Å². The molecule has 1 aromatic carbocycles. The molecular formula is C15H14ClF4N3O2. The van der Waals surface area contributed by atoms with E-state index in [-0.39, 0.29) is 23.6 Å². The maximum absolute atomic E-state index is 13.2. The summed E-state index contributed by atoms with van der Waals surface area (Å²) in [5, 5.41) is 12.2. The minimum atomic E-state index is -4.81. The normalized spacial score (nSPS) is 13.0. The highest BCUT2D eigenvalue weighted by Gasteiger charge is 2.40. The van der Waals surface area contributed by atoms with Gasteiger partial charge >= 0.3 is 6.18 Å². The second-order valence-corrected chi connectivity index (χ2v) is 5.72. The molecule has 3 N–H and O–H groups in total. The zero-order chi connectivity index (χ0) is 18.8. The molecule has 136 valence electrons. The van der Waals surface area contributed by atoms with Crippen LogP contribution in [0.25, 0.3) is 0 Å². The van der Waals surface area contributed by atoms with E-state index in [4.69, 9.17) is 22.4 Å². The highest BCUT2D eigenvalue weighted by atomic mass is 35.5. The van der Waals surface area contributed by atoms with Gasteiger partial charge in [-0.1, -0.05) is 17.7 Å². The number of primary amides is 1. The van der Waals surface area contributed by atoms with Gasteiger partial charge in [0.2, 0.25) is 5.91 Å². The first kappa shape index (κ1) is 19.2. The van der Waals surface area contributed by atoms with Crippen LogP contribution in [0.3, 0.4) is 0 Å². The fourth-order valence-corrected chi connectivity index (χ4v) is 2.64. The summed E-state index contributed by atoms with van der Waals surface area (Å²) in [6.07, 6.45) is -4.04. The van der Waals surface area contributed by atoms with Crippen molar-refractivity contribution in [3.63, 3.8) is 0 Å². The molecule has 5 nitrogen and oxygen atoms in total. The lowest BCUT2D eigenvalue weighted by Gasteiger charge is -2.15. The Bertz CT molecular complexity index is 777. The number of aliphatic hydroxyl groups is 1. The molecule has 0 aliphatic rings. The number of benzene rings is 1. The number of amides is 1. The van der Waals surface area contributed by atoms with Gasteiger partial charge in [0, 0.05) is 16.8 Å². The lowest BCUT2D eigenvalue weighted by Crippen LogP contribution is -2.25. The molecule has 0 fully saturated rings. The van der Waals surface area contributed by atoms with E-state index >= 15 is 0 Å². The maximum atomic E-state index is 13.2. The zero-order valence-electron chi connectivity index (χ0n) is 12.7. The zero-order valence-corrected chi connectivity index (χ0v) is 13.5. The summed E-state index contributed by atoms with van der Waals surface area (Å²) in [4.78, 5) is 11.8. The predicted octanol–water partition coefficient (Wildman–Crippen LogP) is 2.50. The van der Waals surface area contributed by atoms with Crippen LogP contribution in [0.5, 0.6) is 0 Å². The number of hydrogen-bond acceptors (Lipinski definition) is 3. The Balaban J connectivity index is 2.48. The Morgan fingerprint density at radius 1 is 1.40 bits per heavy atom. The number of aromatic nitrogens is 2. The second-order valence-electron chi connectivity index (χ2n) is 5.31. The number of hydrogen-bond donors (Lipinski definition) is 2. The third-order valence-corrected chi connectivity index (χ3v) is 3.90. The average Bonchev–Trinajstić information content (AvgIpc) is 2.90. The van der Waals surface area contributed by atoms with Crippen LogP contribution in [0.4, 0.5) is 17.6 Å². The largest absolute Gasteiger partial charge is 0.435 e. The number of aliphatic hydroxyl groups excluding tert-OH is 1. The van der Waals surface area contributed by atoms with Crippen LogP contribution < -0.4 is 5.73 Å². The standard InChI is InChI=1S/C15H14ClF4N3O2/c16-12-6-9(17)2-1-8(12)5-10(14(21)25)11-7-23(3-4-24)22-13(11)15(18,19)20/h1-2,6-7,10,24H,3-5H2,(H2,21,25). The first-order valence-corrected chi connectivity index (χ1v) is 7.50. The van der Waals surface area contributed by atoms with Crippen LogP contribution in [-0.4, -0.2) is 27.4 Å². The minimum Gasteiger partial charge on any atom is -0.394 e. The van der Waals surface area contributed by atoms with Gasteiger partial charge in [-0.15, -0.1) is 0 Å². The Hall–Kier alpha value is -2.13. The Morgan fingerprint density at radius 3 is 2.60 bits per heavy atom. The molecular weight excluding hydrogens is 366 g/mol. The molecule has 0 spiro atoms. The van der Waals surface area contributed by atoms with E-state index < -0.39 is 41.7 Å². The third-order valence-electron chi connectivity index (χ3n) is 3.55. The topological polar surface area (TPSA) is 81.1 Å². The molecule has 25 heavy (non-hydrogen) atoms. The van der Waals surface area contributed by atoms with Gasteiger partial charge in [0.15, 0.2) is 5.69 Å². The lowest BCUT2D eigenvalue weighted by molar-refractivity contribution is -0.142. The number of nitrogens with two attached hydrogens (primary N) is 1. The first-order valence-electron chi connectivity index (χ1n) is 7.12. The van der Waals surface area contributed by atoms with Gasteiger partial charge in [0.05, 0.1) is 19.1 Å². The van der Waals surface area contributed by atoms with Gasteiger partial charge in [-0.3, -0.25) is 9.48 Å². The third kappa shape index (κ3) is 4.49. The van der Waals surface area contributed by atoms with Crippen molar-refractivity contribution < 1.29 is 27.5 Å². The van der Waals surface area contributed by atoms with Crippen LogP contribution >= 0.6 is 11.6 Å². The van der Waals surface area contributed by atoms with Gasteiger partial charge in [-0.25, -0.2) is 4.39 Å². The van der Waals surface area contributed by atoms with E-state index in [2.05, 4.69) is 5.10 Å². The lowest BCUT2D eigenvalue weighted by atomic mass is 9.91. The minimum absolute atomic E-state index is 0.0254. The van der Waals surface area contributed by atoms with Crippen molar-refractivity contribution in [3.8, 4) is 0 Å². The van der Waals surface area contributed by atoms with E-state index in [9.17, 15) is 22.4 Å². The molecule has 1 unspecified atom stereocenters. The molecule has 2 rings (SSSR count). The van der Waals surface area contributed by atoms with Crippen LogP contribution in [0.15, 0.2) is 24.4 Å². The molecule has 10 heteroatoms. The molecule has 1 amide bonds. The number of carbonyl (C=O) groups excluding carboxylic acids is 1. The smallest absolute Gasteiger partial charge is 0.394 e. The van der Waals surface area contributed by atoms with Gasteiger partial charge in [-0.2, -0.15) is 18.3 Å². The van der Waals surface area contributed by atoms with Crippen molar-refractivity contribution in [2.24, 2.45) is 5.73 Å². The fourth-order valence-electron chi connectivity index (χ4n) is 2.40. The number of rotatable bonds is 6. The van der Waals surface area contributed by atoms with Crippen molar-refractivity contribution in [3.05, 3.63) is 52.1 Å². The van der Waals surface area contributed by atoms with E-state index in [0.29, 0.717) is 0 Å². The molecule has 1 aromatic heterocycles. The van der Waals surface area contributed by atoms with Gasteiger partial charge in [0.1, 0.15) is 5.82 Å². The number of alkyl halides is 3. The summed E-state index contributed by atoms with van der Waals surface area (Å²) in [6, 6.07) is 3.35. The van der Waals surface area contributed by atoms with Crippen molar-refractivity contribution in [2.45, 2.75) is 25.1 Å². The van der Waals surface area contributed by atoms with Crippen LogP contribution in [0.1, 0.15) is 22.7 Å². The summed E-state index contributed by atoms with van der Waals surface area (Å²) in [7, 11) is 0. The van der Waals surface area contributed by atoms with Crippen LogP contribution in [0, 0.1) is 5.82 Å². The van der Waals surface area contributed by atoms with Crippen LogP contribution in [0.2, 0.25) is 5.02 Å². The van der Waals surface area contributed by atoms with E-state index in [1.165, 1.54) is 6.07 Å². The monoisotopic (exact) mass is 379 g/mol. The molecule has 2 aromatic rings. The highest BCUT2D eigenvalue weighted by Crippen LogP contribution is 2.36. The quantitative estimate of drug-likeness (QED) is 0.757. The Kier molecular flexibility index (Phi) is 5.69. The van der Waals surface area contributed by atoms with E-state index in [0.717, 1.165) is 23.0 Å². The van der Waals surface area contributed by atoms with Crippen LogP contribution in [-0.2, 0) is 23.9 Å². The van der Waals surface area contributed by atoms with Crippen molar-refractivity contribution in [1.29, 1.82) is 0 Å². The molecule has 0 aliphatic heterocycles.